The fraction of sp³-hybridized carbons (Fsp3) is 0.611. The second-order valence-corrected chi connectivity index (χ2v) is 5.71. The Hall–Kier alpha value is -1.75. The van der Waals surface area contributed by atoms with E-state index >= 15 is 0 Å². The van der Waals surface area contributed by atoms with Crippen molar-refractivity contribution in [1.29, 1.82) is 0 Å². The number of ether oxygens (including phenoxy) is 1. The Labute approximate surface area is 140 Å². The first-order valence-corrected chi connectivity index (χ1v) is 8.53. The number of hydrogen-bond donors (Lipinski definition) is 3. The van der Waals surface area contributed by atoms with Gasteiger partial charge in [0.1, 0.15) is 5.75 Å². The molecule has 0 aromatic heterocycles. The molecule has 1 aromatic carbocycles. The largest absolute Gasteiger partial charge is 0.497 e. The number of guanidine groups is 1. The Kier molecular flexibility index (Phi) is 9.87. The molecule has 0 amide bonds. The van der Waals surface area contributed by atoms with E-state index in [1.807, 2.05) is 18.2 Å². The maximum absolute atomic E-state index is 10.1. The monoisotopic (exact) mass is 321 g/mol. The molecule has 0 fully saturated rings. The zero-order valence-corrected chi connectivity index (χ0v) is 14.4. The Morgan fingerprint density at radius 2 is 2.00 bits per heavy atom. The quantitative estimate of drug-likeness (QED) is 0.332. The number of benzene rings is 1. The third kappa shape index (κ3) is 8.45. The third-order valence-electron chi connectivity index (χ3n) is 3.75. The van der Waals surface area contributed by atoms with Crippen LogP contribution in [0.2, 0.25) is 0 Å². The lowest BCUT2D eigenvalue weighted by Gasteiger charge is -2.11. The molecule has 0 saturated heterocycles. The summed E-state index contributed by atoms with van der Waals surface area (Å²) in [7, 11) is 1.60. The predicted molar refractivity (Wildman–Crippen MR) is 95.8 cm³/mol. The molecule has 4 N–H and O–H groups in total. The molecular weight excluding hydrogens is 290 g/mol. The van der Waals surface area contributed by atoms with Crippen molar-refractivity contribution in [3.05, 3.63) is 29.8 Å². The van der Waals surface area contributed by atoms with Crippen molar-refractivity contribution < 1.29 is 9.84 Å². The van der Waals surface area contributed by atoms with Gasteiger partial charge in [0.25, 0.3) is 0 Å². The lowest BCUT2D eigenvalue weighted by atomic mass is 10.1. The van der Waals surface area contributed by atoms with E-state index in [4.69, 9.17) is 10.5 Å². The van der Waals surface area contributed by atoms with Gasteiger partial charge < -0.3 is 20.9 Å². The molecule has 23 heavy (non-hydrogen) atoms. The number of nitrogens with one attached hydrogen (secondary N) is 1. The van der Waals surface area contributed by atoms with Crippen molar-refractivity contribution in [2.45, 2.75) is 51.6 Å². The van der Waals surface area contributed by atoms with Crippen LogP contribution < -0.4 is 15.8 Å². The fourth-order valence-corrected chi connectivity index (χ4v) is 2.32. The molecule has 1 atom stereocenters. The molecule has 1 rings (SSSR count). The first-order chi connectivity index (χ1) is 11.2. The summed E-state index contributed by atoms with van der Waals surface area (Å²) in [4.78, 5) is 4.20. The molecule has 130 valence electrons. The van der Waals surface area contributed by atoms with Crippen molar-refractivity contribution in [2.75, 3.05) is 20.2 Å². The van der Waals surface area contributed by atoms with Gasteiger partial charge in [0.2, 0.25) is 0 Å². The predicted octanol–water partition coefficient (Wildman–Crippen LogP) is 2.99. The number of rotatable bonds is 11. The molecule has 0 aliphatic carbocycles. The van der Waals surface area contributed by atoms with Gasteiger partial charge in [0, 0.05) is 6.54 Å². The van der Waals surface area contributed by atoms with Crippen molar-refractivity contribution >= 4 is 5.96 Å². The molecule has 1 aromatic rings. The van der Waals surface area contributed by atoms with E-state index in [1.165, 1.54) is 32.1 Å². The van der Waals surface area contributed by atoms with Gasteiger partial charge in [0.15, 0.2) is 5.96 Å². The van der Waals surface area contributed by atoms with Gasteiger partial charge in [-0.25, -0.2) is 0 Å². The number of methoxy groups -OCH3 is 1. The second-order valence-electron chi connectivity index (χ2n) is 5.71. The number of nitrogens with zero attached hydrogens (tertiary/aromatic N) is 1. The summed E-state index contributed by atoms with van der Waals surface area (Å²) >= 11 is 0. The number of aliphatic hydroxyl groups excluding tert-OH is 1. The molecule has 5 heteroatoms. The molecule has 0 radical (unpaired) electrons. The summed E-state index contributed by atoms with van der Waals surface area (Å²) in [5.41, 5.74) is 6.60. The zero-order chi connectivity index (χ0) is 16.9. The Morgan fingerprint density at radius 1 is 1.26 bits per heavy atom. The van der Waals surface area contributed by atoms with E-state index in [1.54, 1.807) is 13.2 Å². The Morgan fingerprint density at radius 3 is 2.74 bits per heavy atom. The minimum absolute atomic E-state index is 0.239. The summed E-state index contributed by atoms with van der Waals surface area (Å²) in [5, 5.41) is 13.2. The van der Waals surface area contributed by atoms with E-state index in [0.717, 1.165) is 24.3 Å². The van der Waals surface area contributed by atoms with Crippen LogP contribution in [0.5, 0.6) is 5.75 Å². The molecule has 0 aliphatic heterocycles. The van der Waals surface area contributed by atoms with Crippen LogP contribution in [0.1, 0.15) is 57.1 Å². The molecule has 0 saturated carbocycles. The minimum Gasteiger partial charge on any atom is -0.497 e. The molecular formula is C18H31N3O2. The van der Waals surface area contributed by atoms with E-state index in [9.17, 15) is 5.11 Å². The van der Waals surface area contributed by atoms with Gasteiger partial charge >= 0.3 is 0 Å². The highest BCUT2D eigenvalue weighted by atomic mass is 16.5. The van der Waals surface area contributed by atoms with E-state index in [0.29, 0.717) is 5.96 Å². The van der Waals surface area contributed by atoms with Gasteiger partial charge in [-0.15, -0.1) is 0 Å². The van der Waals surface area contributed by atoms with Crippen molar-refractivity contribution in [1.82, 2.24) is 5.32 Å². The number of nitrogens with two attached hydrogens (primary N) is 1. The number of aliphatic hydroxyl groups is 1. The van der Waals surface area contributed by atoms with E-state index in [2.05, 4.69) is 17.2 Å². The first kappa shape index (κ1) is 19.3. The highest BCUT2D eigenvalue weighted by Crippen LogP contribution is 2.19. The van der Waals surface area contributed by atoms with Crippen molar-refractivity contribution in [3.8, 4) is 5.75 Å². The maximum Gasteiger partial charge on any atom is 0.188 e. The Bertz CT molecular complexity index is 463. The summed E-state index contributed by atoms with van der Waals surface area (Å²) in [6.45, 7) is 3.29. The summed E-state index contributed by atoms with van der Waals surface area (Å²) in [6.07, 6.45) is 6.81. The number of unbranched alkanes of at least 4 members (excludes halogenated alkanes) is 5. The molecule has 0 heterocycles. The van der Waals surface area contributed by atoms with Crippen molar-refractivity contribution in [2.24, 2.45) is 10.7 Å². The van der Waals surface area contributed by atoms with Crippen LogP contribution in [0, 0.1) is 0 Å². The van der Waals surface area contributed by atoms with Crippen LogP contribution in [0.4, 0.5) is 0 Å². The highest BCUT2D eigenvalue weighted by molar-refractivity contribution is 5.77. The average molecular weight is 321 g/mol. The van der Waals surface area contributed by atoms with Crippen LogP contribution >= 0.6 is 0 Å². The van der Waals surface area contributed by atoms with Crippen LogP contribution in [0.15, 0.2) is 29.3 Å². The molecule has 0 bridgehead atoms. The standard InChI is InChI=1S/C18H31N3O2/c1-3-4-5-6-7-8-12-20-18(19)21-14-17(22)15-10-9-11-16(13-15)23-2/h9-11,13,17,22H,3-8,12,14H2,1-2H3,(H3,19,20,21). The third-order valence-corrected chi connectivity index (χ3v) is 3.75. The van der Waals surface area contributed by atoms with Crippen LogP contribution in [-0.4, -0.2) is 31.3 Å². The lowest BCUT2D eigenvalue weighted by Crippen LogP contribution is -2.32. The van der Waals surface area contributed by atoms with E-state index < -0.39 is 6.10 Å². The summed E-state index contributed by atoms with van der Waals surface area (Å²) in [5.74, 6) is 1.11. The van der Waals surface area contributed by atoms with Crippen LogP contribution in [0.25, 0.3) is 0 Å². The summed E-state index contributed by atoms with van der Waals surface area (Å²) < 4.78 is 5.15. The Balaban J connectivity index is 2.24. The normalized spacial score (nSPS) is 12.9. The maximum atomic E-state index is 10.1. The van der Waals surface area contributed by atoms with Gasteiger partial charge in [-0.3, -0.25) is 4.99 Å². The number of hydrogen-bond acceptors (Lipinski definition) is 3. The van der Waals surface area contributed by atoms with Gasteiger partial charge in [-0.05, 0) is 24.1 Å². The average Bonchev–Trinajstić information content (AvgIpc) is 2.58. The van der Waals surface area contributed by atoms with Crippen LogP contribution in [-0.2, 0) is 0 Å². The van der Waals surface area contributed by atoms with Crippen molar-refractivity contribution in [3.63, 3.8) is 0 Å². The van der Waals surface area contributed by atoms with Gasteiger partial charge in [-0.1, -0.05) is 51.2 Å². The van der Waals surface area contributed by atoms with Gasteiger partial charge in [0.05, 0.1) is 19.8 Å². The second kappa shape index (κ2) is 11.8. The highest BCUT2D eigenvalue weighted by Gasteiger charge is 2.07. The summed E-state index contributed by atoms with van der Waals surface area (Å²) in [6, 6.07) is 7.35. The zero-order valence-electron chi connectivity index (χ0n) is 14.4. The minimum atomic E-state index is -0.681. The SMILES string of the molecule is CCCCCCCCNC(N)=NCC(O)c1cccc(OC)c1. The topological polar surface area (TPSA) is 79.9 Å². The molecule has 5 nitrogen and oxygen atoms in total. The fourth-order valence-electron chi connectivity index (χ4n) is 2.32. The number of aliphatic imine (C=N–C) groups is 1. The smallest absolute Gasteiger partial charge is 0.188 e. The molecule has 0 spiro atoms. The van der Waals surface area contributed by atoms with Gasteiger partial charge in [-0.2, -0.15) is 0 Å². The molecule has 0 aliphatic rings. The molecule has 1 unspecified atom stereocenters. The van der Waals surface area contributed by atoms with E-state index in [-0.39, 0.29) is 6.54 Å². The van der Waals surface area contributed by atoms with Crippen LogP contribution in [0.3, 0.4) is 0 Å². The lowest BCUT2D eigenvalue weighted by molar-refractivity contribution is 0.186. The first-order valence-electron chi connectivity index (χ1n) is 8.53.